The summed E-state index contributed by atoms with van der Waals surface area (Å²) in [6.45, 7) is 6.66. The smallest absolute Gasteiger partial charge is 0.264 e. The molecule has 1 atom stereocenters. The van der Waals surface area contributed by atoms with E-state index >= 15 is 0 Å². The second-order valence-corrected chi connectivity index (χ2v) is 15.1. The Morgan fingerprint density at radius 2 is 1.46 bits per heavy atom. The minimum absolute atomic E-state index is 0.0273. The van der Waals surface area contributed by atoms with E-state index in [2.05, 4.69) is 5.32 Å². The fourth-order valence-corrected chi connectivity index (χ4v) is 6.90. The van der Waals surface area contributed by atoms with Crippen LogP contribution in [-0.2, 0) is 32.6 Å². The van der Waals surface area contributed by atoms with Gasteiger partial charge in [-0.15, -0.1) is 0 Å². The number of carbonyl (C=O) groups excluding carboxylic acids is 2. The first-order chi connectivity index (χ1) is 21.7. The highest BCUT2D eigenvalue weighted by Crippen LogP contribution is 2.33. The Hall–Kier alpha value is -3.56. The van der Waals surface area contributed by atoms with Gasteiger partial charge in [-0.3, -0.25) is 13.9 Å². The lowest BCUT2D eigenvalue weighted by Gasteiger charge is -2.35. The number of rotatable bonds is 11. The minimum atomic E-state index is -4.34. The maximum Gasteiger partial charge on any atom is 0.264 e. The van der Waals surface area contributed by atoms with Crippen LogP contribution < -0.4 is 9.62 Å². The van der Waals surface area contributed by atoms with E-state index in [0.717, 1.165) is 15.4 Å². The molecule has 242 valence electrons. The second-order valence-electron chi connectivity index (χ2n) is 12.0. The number of benzene rings is 4. The monoisotopic (exact) mass is 699 g/mol. The summed E-state index contributed by atoms with van der Waals surface area (Å²) in [5, 5.41) is 3.71. The molecule has 0 aliphatic carbocycles. The molecule has 46 heavy (non-hydrogen) atoms. The molecule has 4 rings (SSSR count). The zero-order valence-electron chi connectivity index (χ0n) is 26.0. The number of anilines is 1. The van der Waals surface area contributed by atoms with Gasteiger partial charge in [-0.25, -0.2) is 8.42 Å². The van der Waals surface area contributed by atoms with Crippen molar-refractivity contribution in [1.29, 1.82) is 0 Å². The van der Waals surface area contributed by atoms with E-state index in [4.69, 9.17) is 34.8 Å². The van der Waals surface area contributed by atoms with E-state index in [0.29, 0.717) is 10.6 Å². The van der Waals surface area contributed by atoms with E-state index in [9.17, 15) is 18.0 Å². The lowest BCUT2D eigenvalue weighted by atomic mass is 10.0. The highest BCUT2D eigenvalue weighted by molar-refractivity contribution is 7.92. The van der Waals surface area contributed by atoms with Gasteiger partial charge in [-0.1, -0.05) is 101 Å². The highest BCUT2D eigenvalue weighted by Gasteiger charge is 2.36. The number of carbonyl (C=O) groups is 2. The maximum absolute atomic E-state index is 14.6. The number of sulfonamides is 1. The van der Waals surface area contributed by atoms with Gasteiger partial charge in [-0.2, -0.15) is 0 Å². The molecule has 2 amide bonds. The number of hydrogen-bond acceptors (Lipinski definition) is 4. The fourth-order valence-electron chi connectivity index (χ4n) is 4.84. The van der Waals surface area contributed by atoms with Crippen LogP contribution in [0.4, 0.5) is 5.69 Å². The van der Waals surface area contributed by atoms with Gasteiger partial charge < -0.3 is 10.2 Å². The van der Waals surface area contributed by atoms with Crippen LogP contribution in [0.5, 0.6) is 0 Å². The predicted octanol–water partition coefficient (Wildman–Crippen LogP) is 7.71. The Kier molecular flexibility index (Phi) is 11.4. The average Bonchev–Trinajstić information content (AvgIpc) is 2.99. The van der Waals surface area contributed by atoms with Crippen molar-refractivity contribution in [3.05, 3.63) is 129 Å². The number of aryl methyl sites for hydroxylation is 1. The Morgan fingerprint density at radius 3 is 2.09 bits per heavy atom. The Bertz CT molecular complexity index is 1790. The van der Waals surface area contributed by atoms with Gasteiger partial charge in [0.15, 0.2) is 0 Å². The summed E-state index contributed by atoms with van der Waals surface area (Å²) in [6, 6.07) is 26.0. The van der Waals surface area contributed by atoms with Crippen LogP contribution in [0, 0.1) is 6.92 Å². The number of hydrogen-bond donors (Lipinski definition) is 1. The van der Waals surface area contributed by atoms with Gasteiger partial charge in [0, 0.05) is 28.5 Å². The van der Waals surface area contributed by atoms with E-state index in [1.807, 2.05) is 58.0 Å². The summed E-state index contributed by atoms with van der Waals surface area (Å²) < 4.78 is 29.4. The second kappa shape index (κ2) is 14.9. The lowest BCUT2D eigenvalue weighted by Crippen LogP contribution is -2.56. The quantitative estimate of drug-likeness (QED) is 0.174. The molecule has 0 spiro atoms. The lowest BCUT2D eigenvalue weighted by molar-refractivity contribution is -0.140. The first kappa shape index (κ1) is 35.3. The van der Waals surface area contributed by atoms with Crippen molar-refractivity contribution in [3.8, 4) is 0 Å². The summed E-state index contributed by atoms with van der Waals surface area (Å²) >= 11 is 19.4. The molecular formula is C35H36Cl3N3O4S. The molecule has 0 saturated carbocycles. The molecule has 0 saturated heterocycles. The summed E-state index contributed by atoms with van der Waals surface area (Å²) in [5.74, 6) is -1.04. The van der Waals surface area contributed by atoms with E-state index in [1.165, 1.54) is 35.2 Å². The standard InChI is InChI=1S/C35H36Cl3N3O4S/c1-24-14-17-28(18-15-24)46(44,45)41(31-21-27(36)16-19-30(31)38)23-33(42)40(22-26-12-8-9-13-29(26)37)32(34(43)39-35(2,3)4)20-25-10-6-5-7-11-25/h5-19,21,32H,20,22-23H2,1-4H3,(H,39,43)/t32-/m1/s1. The third kappa shape index (κ3) is 9.04. The van der Waals surface area contributed by atoms with E-state index in [1.54, 1.807) is 36.4 Å². The van der Waals surface area contributed by atoms with Crippen molar-refractivity contribution in [2.45, 2.75) is 57.1 Å². The van der Waals surface area contributed by atoms with Crippen LogP contribution in [0.15, 0.2) is 102 Å². The summed E-state index contributed by atoms with van der Waals surface area (Å²) in [7, 11) is -4.34. The van der Waals surface area contributed by atoms with Crippen LogP contribution in [0.1, 0.15) is 37.5 Å². The van der Waals surface area contributed by atoms with Crippen molar-refractivity contribution in [2.75, 3.05) is 10.8 Å². The summed E-state index contributed by atoms with van der Waals surface area (Å²) in [4.78, 5) is 29.9. The topological polar surface area (TPSA) is 86.8 Å². The summed E-state index contributed by atoms with van der Waals surface area (Å²) in [5.41, 5.74) is 1.69. The SMILES string of the molecule is Cc1ccc(S(=O)(=O)N(CC(=O)N(Cc2ccccc2Cl)[C@H](Cc2ccccc2)C(=O)NC(C)(C)C)c2cc(Cl)ccc2Cl)cc1. The van der Waals surface area contributed by atoms with Crippen LogP contribution in [0.25, 0.3) is 0 Å². The zero-order chi connectivity index (χ0) is 33.6. The zero-order valence-corrected chi connectivity index (χ0v) is 29.1. The number of halogens is 3. The molecule has 0 radical (unpaired) electrons. The highest BCUT2D eigenvalue weighted by atomic mass is 35.5. The van der Waals surface area contributed by atoms with Gasteiger partial charge >= 0.3 is 0 Å². The van der Waals surface area contributed by atoms with Gasteiger partial charge in [-0.05, 0) is 75.2 Å². The molecule has 0 heterocycles. The van der Waals surface area contributed by atoms with Gasteiger partial charge in [0.05, 0.1) is 15.6 Å². The third-order valence-corrected chi connectivity index (χ3v) is 9.83. The predicted molar refractivity (Wildman–Crippen MR) is 186 cm³/mol. The Balaban J connectivity index is 1.86. The molecule has 0 aliphatic rings. The average molecular weight is 701 g/mol. The first-order valence-electron chi connectivity index (χ1n) is 14.6. The largest absolute Gasteiger partial charge is 0.350 e. The van der Waals surface area contributed by atoms with E-state index < -0.39 is 40.0 Å². The van der Waals surface area contributed by atoms with Crippen molar-refractivity contribution in [1.82, 2.24) is 10.2 Å². The molecule has 0 bridgehead atoms. The summed E-state index contributed by atoms with van der Waals surface area (Å²) in [6.07, 6.45) is 0.168. The maximum atomic E-state index is 14.6. The molecule has 0 unspecified atom stereocenters. The van der Waals surface area contributed by atoms with Gasteiger partial charge in [0.2, 0.25) is 11.8 Å². The molecule has 0 fully saturated rings. The van der Waals surface area contributed by atoms with Crippen LogP contribution >= 0.6 is 34.8 Å². The van der Waals surface area contributed by atoms with Crippen molar-refractivity contribution >= 4 is 62.3 Å². The Labute approximate surface area is 286 Å². The minimum Gasteiger partial charge on any atom is -0.350 e. The molecule has 7 nitrogen and oxygen atoms in total. The molecule has 0 aliphatic heterocycles. The van der Waals surface area contributed by atoms with Gasteiger partial charge in [0.25, 0.3) is 10.0 Å². The van der Waals surface area contributed by atoms with Crippen LogP contribution in [0.3, 0.4) is 0 Å². The van der Waals surface area contributed by atoms with Gasteiger partial charge in [0.1, 0.15) is 12.6 Å². The fraction of sp³-hybridized carbons (Fsp3) is 0.257. The molecule has 4 aromatic rings. The van der Waals surface area contributed by atoms with Crippen molar-refractivity contribution < 1.29 is 18.0 Å². The van der Waals surface area contributed by atoms with Crippen LogP contribution in [0.2, 0.25) is 15.1 Å². The van der Waals surface area contributed by atoms with Crippen molar-refractivity contribution in [3.63, 3.8) is 0 Å². The number of nitrogens with one attached hydrogen (secondary N) is 1. The van der Waals surface area contributed by atoms with E-state index in [-0.39, 0.29) is 33.6 Å². The molecule has 4 aromatic carbocycles. The molecule has 11 heteroatoms. The molecule has 1 N–H and O–H groups in total. The third-order valence-electron chi connectivity index (χ3n) is 7.13. The van der Waals surface area contributed by atoms with Crippen molar-refractivity contribution in [2.24, 2.45) is 0 Å². The number of amides is 2. The number of nitrogens with zero attached hydrogens (tertiary/aromatic N) is 2. The Morgan fingerprint density at radius 1 is 0.826 bits per heavy atom. The molecule has 0 aromatic heterocycles. The normalized spacial score (nSPS) is 12.3. The molecular weight excluding hydrogens is 665 g/mol. The van der Waals surface area contributed by atoms with Crippen LogP contribution in [-0.4, -0.2) is 43.3 Å². The first-order valence-corrected chi connectivity index (χ1v) is 17.2.